The number of aliphatic hydroxyl groups is 1. The molecule has 0 radical (unpaired) electrons. The zero-order valence-electron chi connectivity index (χ0n) is 17.5. The number of fused-ring (bicyclic) bond motifs is 1. The Morgan fingerprint density at radius 3 is 2.87 bits per heavy atom. The third kappa shape index (κ3) is 4.15. The van der Waals surface area contributed by atoms with Gasteiger partial charge in [-0.1, -0.05) is 25.4 Å². The molecular formula is C22H24ClFN4O3. The van der Waals surface area contributed by atoms with Crippen molar-refractivity contribution in [3.8, 4) is 11.3 Å². The molecule has 0 amide bonds. The van der Waals surface area contributed by atoms with Crippen molar-refractivity contribution in [3.63, 3.8) is 0 Å². The molecule has 31 heavy (non-hydrogen) atoms. The van der Waals surface area contributed by atoms with Crippen molar-refractivity contribution < 1.29 is 14.2 Å². The second kappa shape index (κ2) is 8.53. The van der Waals surface area contributed by atoms with Crippen LogP contribution >= 0.6 is 11.6 Å². The second-order valence-electron chi connectivity index (χ2n) is 8.11. The van der Waals surface area contributed by atoms with Gasteiger partial charge in [-0.15, -0.1) is 0 Å². The smallest absolute Gasteiger partial charge is 0.261 e. The molecule has 164 valence electrons. The van der Waals surface area contributed by atoms with Gasteiger partial charge in [-0.2, -0.15) is 0 Å². The number of benzene rings is 1. The number of aryl methyl sites for hydroxylation is 1. The fourth-order valence-electron chi connectivity index (χ4n) is 3.86. The monoisotopic (exact) mass is 446 g/mol. The summed E-state index contributed by atoms with van der Waals surface area (Å²) in [5, 5.41) is 14.1. The van der Waals surface area contributed by atoms with E-state index >= 15 is 4.39 Å². The predicted molar refractivity (Wildman–Crippen MR) is 118 cm³/mol. The topological polar surface area (TPSA) is 89.3 Å². The van der Waals surface area contributed by atoms with Crippen molar-refractivity contribution in [1.29, 1.82) is 0 Å². The van der Waals surface area contributed by atoms with Crippen molar-refractivity contribution in [3.05, 3.63) is 51.3 Å². The largest absolute Gasteiger partial charge is 0.389 e. The second-order valence-corrected chi connectivity index (χ2v) is 8.51. The van der Waals surface area contributed by atoms with Crippen LogP contribution in [0.15, 0.2) is 29.3 Å². The highest BCUT2D eigenvalue weighted by atomic mass is 35.5. The van der Waals surface area contributed by atoms with Gasteiger partial charge in [0.15, 0.2) is 0 Å². The maximum Gasteiger partial charge on any atom is 0.261 e. The lowest BCUT2D eigenvalue weighted by molar-refractivity contribution is -0.0136. The molecule has 0 unspecified atom stereocenters. The summed E-state index contributed by atoms with van der Waals surface area (Å²) in [4.78, 5) is 21.2. The van der Waals surface area contributed by atoms with E-state index in [1.54, 1.807) is 19.3 Å². The minimum atomic E-state index is -0.681. The summed E-state index contributed by atoms with van der Waals surface area (Å²) in [5.41, 5.74) is 1.25. The third-order valence-corrected chi connectivity index (χ3v) is 5.83. The molecule has 1 aliphatic rings. The Balaban J connectivity index is 1.82. The molecule has 0 spiro atoms. The van der Waals surface area contributed by atoms with Crippen molar-refractivity contribution >= 4 is 28.3 Å². The molecule has 1 aliphatic heterocycles. The lowest BCUT2D eigenvalue weighted by Gasteiger charge is -2.28. The van der Waals surface area contributed by atoms with Gasteiger partial charge in [0.25, 0.3) is 5.56 Å². The minimum absolute atomic E-state index is 0.0475. The fraction of sp³-hybridized carbons (Fsp3) is 0.409. The van der Waals surface area contributed by atoms with E-state index in [1.807, 2.05) is 13.8 Å². The Labute approximate surface area is 183 Å². The van der Waals surface area contributed by atoms with Gasteiger partial charge in [-0.05, 0) is 35.4 Å². The van der Waals surface area contributed by atoms with Crippen molar-refractivity contribution in [2.24, 2.45) is 7.05 Å². The van der Waals surface area contributed by atoms with Crippen LogP contribution in [0.2, 0.25) is 5.02 Å². The molecule has 3 aromatic rings. The molecule has 1 fully saturated rings. The van der Waals surface area contributed by atoms with Gasteiger partial charge in [0.05, 0.1) is 41.1 Å². The number of aliphatic hydroxyl groups excluding tert-OH is 1. The highest BCUT2D eigenvalue weighted by molar-refractivity contribution is 6.33. The molecule has 0 aliphatic carbocycles. The van der Waals surface area contributed by atoms with Crippen LogP contribution in [0.25, 0.3) is 22.0 Å². The number of anilines is 1. The molecule has 0 saturated carbocycles. The molecule has 1 saturated heterocycles. The van der Waals surface area contributed by atoms with Gasteiger partial charge < -0.3 is 19.7 Å². The van der Waals surface area contributed by atoms with E-state index in [1.165, 1.54) is 16.8 Å². The molecule has 4 rings (SSSR count). The Kier molecular flexibility index (Phi) is 5.96. The normalized spacial score (nSPS) is 19.2. The van der Waals surface area contributed by atoms with Crippen LogP contribution in [0.4, 0.5) is 10.3 Å². The molecule has 9 heteroatoms. The Hall–Kier alpha value is -2.55. The summed E-state index contributed by atoms with van der Waals surface area (Å²) in [7, 11) is 1.62. The number of nitrogens with zero attached hydrogens (tertiary/aromatic N) is 3. The Morgan fingerprint density at radius 1 is 1.39 bits per heavy atom. The number of halogens is 2. The first-order valence-corrected chi connectivity index (χ1v) is 10.5. The van der Waals surface area contributed by atoms with Gasteiger partial charge in [0, 0.05) is 25.4 Å². The molecule has 2 atom stereocenters. The van der Waals surface area contributed by atoms with E-state index in [-0.39, 0.29) is 34.9 Å². The van der Waals surface area contributed by atoms with Gasteiger partial charge in [0.1, 0.15) is 5.82 Å². The number of hydrogen-bond acceptors (Lipinski definition) is 6. The van der Waals surface area contributed by atoms with Crippen LogP contribution in [0.1, 0.15) is 31.7 Å². The van der Waals surface area contributed by atoms with Crippen LogP contribution in [-0.4, -0.2) is 45.0 Å². The first kappa shape index (κ1) is 21.7. The van der Waals surface area contributed by atoms with Crippen LogP contribution in [0.3, 0.4) is 0 Å². The Bertz CT molecular complexity index is 1200. The van der Waals surface area contributed by atoms with E-state index in [4.69, 9.17) is 16.3 Å². The number of nitrogens with one attached hydrogen (secondary N) is 1. The van der Waals surface area contributed by atoms with Crippen LogP contribution in [0.5, 0.6) is 0 Å². The zero-order valence-corrected chi connectivity index (χ0v) is 18.3. The fourth-order valence-corrected chi connectivity index (χ4v) is 4.06. The van der Waals surface area contributed by atoms with Crippen molar-refractivity contribution in [2.75, 3.05) is 18.5 Å². The van der Waals surface area contributed by atoms with Crippen LogP contribution < -0.4 is 10.9 Å². The summed E-state index contributed by atoms with van der Waals surface area (Å²) < 4.78 is 21.8. The SMILES string of the molecule is CC(C)c1cn(C)c(=O)c2c(F)cc(-c3nc(N[C@@H]4CCOC[C@H]4O)ncc3Cl)cc12. The van der Waals surface area contributed by atoms with E-state index < -0.39 is 17.5 Å². The number of hydrogen-bond donors (Lipinski definition) is 2. The molecular weight excluding hydrogens is 423 g/mol. The van der Waals surface area contributed by atoms with Gasteiger partial charge in [0.2, 0.25) is 5.95 Å². The number of aromatic nitrogens is 3. The Morgan fingerprint density at radius 2 is 2.16 bits per heavy atom. The predicted octanol–water partition coefficient (Wildman–Crippen LogP) is 3.47. The van der Waals surface area contributed by atoms with Gasteiger partial charge >= 0.3 is 0 Å². The highest BCUT2D eigenvalue weighted by Gasteiger charge is 2.25. The number of pyridine rings is 1. The summed E-state index contributed by atoms with van der Waals surface area (Å²) in [5.74, 6) is -0.268. The van der Waals surface area contributed by atoms with Crippen LogP contribution in [-0.2, 0) is 11.8 Å². The third-order valence-electron chi connectivity index (χ3n) is 5.55. The van der Waals surface area contributed by atoms with Crippen molar-refractivity contribution in [1.82, 2.24) is 14.5 Å². The number of rotatable bonds is 4. The standard InChI is InChI=1S/C22H24ClFN4O3/c1-11(2)14-9-28(3)21(30)19-13(14)6-12(7-16(19)24)20-15(23)8-25-22(27-20)26-17-4-5-31-10-18(17)29/h6-9,11,17-18,29H,4-5,10H2,1-3H3,(H,25,26,27)/t17-,18-/m1/s1. The number of ether oxygens (including phenoxy) is 1. The first-order valence-electron chi connectivity index (χ1n) is 10.1. The quantitative estimate of drug-likeness (QED) is 0.638. The van der Waals surface area contributed by atoms with E-state index in [2.05, 4.69) is 15.3 Å². The van der Waals surface area contributed by atoms with Crippen molar-refractivity contribution in [2.45, 2.75) is 38.3 Å². The summed E-state index contributed by atoms with van der Waals surface area (Å²) in [6.45, 7) is 4.74. The van der Waals surface area contributed by atoms with Gasteiger partial charge in [-0.25, -0.2) is 14.4 Å². The lowest BCUT2D eigenvalue weighted by atomic mass is 9.96. The average molecular weight is 447 g/mol. The lowest BCUT2D eigenvalue weighted by Crippen LogP contribution is -2.42. The molecule has 2 aromatic heterocycles. The average Bonchev–Trinajstić information content (AvgIpc) is 2.73. The zero-order chi connectivity index (χ0) is 22.3. The molecule has 1 aromatic carbocycles. The molecule has 3 heterocycles. The van der Waals surface area contributed by atoms with E-state index in [0.29, 0.717) is 29.7 Å². The first-order chi connectivity index (χ1) is 14.8. The summed E-state index contributed by atoms with van der Waals surface area (Å²) in [6.07, 6.45) is 3.10. The minimum Gasteiger partial charge on any atom is -0.389 e. The molecule has 2 N–H and O–H groups in total. The van der Waals surface area contributed by atoms with Crippen LogP contribution in [0, 0.1) is 5.82 Å². The van der Waals surface area contributed by atoms with E-state index in [0.717, 1.165) is 5.56 Å². The highest BCUT2D eigenvalue weighted by Crippen LogP contribution is 2.33. The van der Waals surface area contributed by atoms with Gasteiger partial charge in [-0.3, -0.25) is 4.79 Å². The summed E-state index contributed by atoms with van der Waals surface area (Å²) in [6, 6.07) is 2.76. The molecule has 0 bridgehead atoms. The molecule has 7 nitrogen and oxygen atoms in total. The maximum absolute atomic E-state index is 15.1. The maximum atomic E-state index is 15.1. The van der Waals surface area contributed by atoms with E-state index in [9.17, 15) is 9.90 Å². The summed E-state index contributed by atoms with van der Waals surface area (Å²) >= 11 is 6.35.